The van der Waals surface area contributed by atoms with Gasteiger partial charge in [0.25, 0.3) is 5.91 Å². The summed E-state index contributed by atoms with van der Waals surface area (Å²) in [5.41, 5.74) is 5.52. The molecular weight excluding hydrogens is 428 g/mol. The smallest absolute Gasteiger partial charge is 0.264 e. The van der Waals surface area contributed by atoms with E-state index >= 15 is 0 Å². The van der Waals surface area contributed by atoms with Gasteiger partial charge in [-0.2, -0.15) is 10.6 Å². The van der Waals surface area contributed by atoms with Gasteiger partial charge in [0.2, 0.25) is 0 Å². The van der Waals surface area contributed by atoms with Crippen molar-refractivity contribution in [1.29, 1.82) is 0 Å². The van der Waals surface area contributed by atoms with Crippen molar-refractivity contribution in [3.63, 3.8) is 0 Å². The van der Waals surface area contributed by atoms with Crippen molar-refractivity contribution >= 4 is 33.5 Å². The van der Waals surface area contributed by atoms with E-state index in [0.29, 0.717) is 22.9 Å². The number of hydrogen-bond acceptors (Lipinski definition) is 5. The van der Waals surface area contributed by atoms with Crippen LogP contribution in [0.2, 0.25) is 0 Å². The number of fused-ring (bicyclic) bond motifs is 3. The number of rotatable bonds is 2. The summed E-state index contributed by atoms with van der Waals surface area (Å²) in [5, 5.41) is 0. The molecule has 0 spiro atoms. The number of aryl methyl sites for hydroxylation is 2. The molecule has 1 saturated heterocycles. The Labute approximate surface area is 188 Å². The Morgan fingerprint density at radius 2 is 1.65 bits per heavy atom. The summed E-state index contributed by atoms with van der Waals surface area (Å²) in [5.74, 6) is 0.221. The molecule has 1 amide bonds. The topological polar surface area (TPSA) is 64.0 Å². The second-order valence-corrected chi connectivity index (χ2v) is 11.4. The summed E-state index contributed by atoms with van der Waals surface area (Å²) in [7, 11) is -2.86. The van der Waals surface area contributed by atoms with Gasteiger partial charge in [0.1, 0.15) is 0 Å². The van der Waals surface area contributed by atoms with Crippen LogP contribution in [0.5, 0.6) is 0 Å². The third-order valence-corrected chi connectivity index (χ3v) is 9.16. The first-order valence-corrected chi connectivity index (χ1v) is 13.0. The van der Waals surface area contributed by atoms with Crippen LogP contribution >= 0.6 is 21.9 Å². The summed E-state index contributed by atoms with van der Waals surface area (Å²) >= 11 is 1.47. The zero-order chi connectivity index (χ0) is 21.8. The number of anilines is 1. The number of carbonyl (C=O) groups excluding carboxylic acids is 1. The molecule has 0 radical (unpaired) electrons. The summed E-state index contributed by atoms with van der Waals surface area (Å²) < 4.78 is 21.2. The third kappa shape index (κ3) is 3.55. The largest absolute Gasteiger partial charge is 0.368 e. The fourth-order valence-electron chi connectivity index (χ4n) is 4.70. The predicted octanol–water partition coefficient (Wildman–Crippen LogP) is 5.62. The Bertz CT molecular complexity index is 1140. The zero-order valence-electron chi connectivity index (χ0n) is 17.7. The molecule has 31 heavy (non-hydrogen) atoms. The molecule has 2 aliphatic heterocycles. The van der Waals surface area contributed by atoms with Crippen LogP contribution in [0.15, 0.2) is 53.4 Å². The summed E-state index contributed by atoms with van der Waals surface area (Å²) in [4.78, 5) is 19.8. The van der Waals surface area contributed by atoms with Crippen LogP contribution in [0.1, 0.15) is 26.4 Å². The van der Waals surface area contributed by atoms with Gasteiger partial charge in [-0.1, -0.05) is 36.4 Å². The number of benzene rings is 2. The first-order chi connectivity index (χ1) is 14.8. The lowest BCUT2D eigenvalue weighted by molar-refractivity contribution is 0.0751. The summed E-state index contributed by atoms with van der Waals surface area (Å²) in [6.45, 7) is 7.26. The molecule has 1 aromatic heterocycles. The van der Waals surface area contributed by atoms with Crippen LogP contribution in [0.4, 0.5) is 5.69 Å². The maximum atomic E-state index is 13.3. The zero-order valence-corrected chi connectivity index (χ0v) is 19.3. The molecule has 0 atom stereocenters. The first kappa shape index (κ1) is 20.6. The molecule has 2 aliphatic rings. The highest BCUT2D eigenvalue weighted by molar-refractivity contribution is 8.23. The maximum absolute atomic E-state index is 13.3. The molecule has 0 aliphatic carbocycles. The van der Waals surface area contributed by atoms with Crippen LogP contribution in [0, 0.1) is 13.8 Å². The lowest BCUT2D eigenvalue weighted by atomic mass is 10.1. The fraction of sp³-hybridized carbons (Fsp3) is 0.292. The van der Waals surface area contributed by atoms with Crippen molar-refractivity contribution in [2.24, 2.45) is 0 Å². The molecule has 1 fully saturated rings. The van der Waals surface area contributed by atoms with Gasteiger partial charge in [-0.3, -0.25) is 13.9 Å². The fourth-order valence-corrected chi connectivity index (χ4v) is 7.68. The quantitative estimate of drug-likeness (QED) is 0.528. The Hall–Kier alpha value is -2.32. The molecule has 0 bridgehead atoms. The second-order valence-electron chi connectivity index (χ2n) is 8.29. The molecule has 2 N–H and O–H groups in total. The average molecular weight is 455 g/mol. The number of para-hydroxylation sites is 1. The first-order valence-electron chi connectivity index (χ1n) is 10.4. The predicted molar refractivity (Wildman–Crippen MR) is 129 cm³/mol. The molecular formula is C24H26N2O3S2. The van der Waals surface area contributed by atoms with E-state index in [-0.39, 0.29) is 11.7 Å². The van der Waals surface area contributed by atoms with Gasteiger partial charge in [0.15, 0.2) is 0 Å². The third-order valence-electron chi connectivity index (χ3n) is 6.18. The highest BCUT2D eigenvalue weighted by Gasteiger charge is 2.32. The standard InChI is InChI=1S/C24H26N2O3S2/c1-16-6-5-7-17(2)22(16)25-10-12-26(13-11-25)24(27)20-14-18-15-31(28,29)21-9-4-3-8-19(21)23(18)30-20/h3-9,14,28-29H,10-13,15H2,1-2H3. The molecule has 0 unspecified atom stereocenters. The maximum Gasteiger partial charge on any atom is 0.264 e. The molecule has 2 aromatic carbocycles. The van der Waals surface area contributed by atoms with Crippen LogP contribution in [-0.4, -0.2) is 46.1 Å². The van der Waals surface area contributed by atoms with E-state index in [2.05, 4.69) is 36.9 Å². The Morgan fingerprint density at radius 3 is 2.35 bits per heavy atom. The van der Waals surface area contributed by atoms with Gasteiger partial charge in [0.05, 0.1) is 15.5 Å². The number of thiophene rings is 1. The molecule has 5 rings (SSSR count). The minimum Gasteiger partial charge on any atom is -0.368 e. The van der Waals surface area contributed by atoms with E-state index in [4.69, 9.17) is 0 Å². The van der Waals surface area contributed by atoms with E-state index in [1.165, 1.54) is 28.2 Å². The van der Waals surface area contributed by atoms with E-state index in [9.17, 15) is 13.9 Å². The van der Waals surface area contributed by atoms with E-state index in [0.717, 1.165) is 29.1 Å². The van der Waals surface area contributed by atoms with Crippen LogP contribution in [0.25, 0.3) is 10.4 Å². The second kappa shape index (κ2) is 7.67. The normalized spacial score (nSPS) is 18.3. The van der Waals surface area contributed by atoms with Gasteiger partial charge in [-0.05, 0) is 42.7 Å². The lowest BCUT2D eigenvalue weighted by Crippen LogP contribution is -2.49. The van der Waals surface area contributed by atoms with E-state index in [1.807, 2.05) is 29.2 Å². The average Bonchev–Trinajstić information content (AvgIpc) is 3.17. The van der Waals surface area contributed by atoms with Crippen molar-refractivity contribution in [3.05, 3.63) is 70.1 Å². The van der Waals surface area contributed by atoms with Crippen molar-refractivity contribution in [2.75, 3.05) is 31.1 Å². The van der Waals surface area contributed by atoms with Crippen molar-refractivity contribution in [1.82, 2.24) is 4.90 Å². The number of piperazine rings is 1. The van der Waals surface area contributed by atoms with E-state index < -0.39 is 10.6 Å². The van der Waals surface area contributed by atoms with Gasteiger partial charge >= 0.3 is 0 Å². The number of amides is 1. The molecule has 3 heterocycles. The Balaban J connectivity index is 1.36. The monoisotopic (exact) mass is 454 g/mol. The number of hydrogen-bond donors (Lipinski definition) is 2. The Kier molecular flexibility index (Phi) is 5.09. The Morgan fingerprint density at radius 1 is 0.968 bits per heavy atom. The van der Waals surface area contributed by atoms with Crippen molar-refractivity contribution < 1.29 is 13.9 Å². The number of nitrogens with zero attached hydrogens (tertiary/aromatic N) is 2. The molecule has 5 nitrogen and oxygen atoms in total. The van der Waals surface area contributed by atoms with Crippen LogP contribution in [-0.2, 0) is 5.75 Å². The van der Waals surface area contributed by atoms with Gasteiger partial charge < -0.3 is 9.80 Å². The molecule has 7 heteroatoms. The van der Waals surface area contributed by atoms with Crippen molar-refractivity contribution in [3.8, 4) is 10.4 Å². The SMILES string of the molecule is Cc1cccc(C)c1N1CCN(C(=O)c2cc3c(s2)-c2ccccc2S(O)(O)C3)CC1. The molecule has 0 saturated carbocycles. The lowest BCUT2D eigenvalue weighted by Gasteiger charge is -2.37. The minimum absolute atomic E-state index is 0.0366. The van der Waals surface area contributed by atoms with Crippen LogP contribution in [0.3, 0.4) is 0 Å². The van der Waals surface area contributed by atoms with Gasteiger partial charge in [-0.25, -0.2) is 0 Å². The van der Waals surface area contributed by atoms with E-state index in [1.54, 1.807) is 6.07 Å². The van der Waals surface area contributed by atoms with Crippen LogP contribution < -0.4 is 4.90 Å². The minimum atomic E-state index is -2.86. The van der Waals surface area contributed by atoms with Gasteiger partial charge in [-0.15, -0.1) is 11.3 Å². The molecule has 3 aromatic rings. The highest BCUT2D eigenvalue weighted by Crippen LogP contribution is 2.60. The summed E-state index contributed by atoms with van der Waals surface area (Å²) in [6.07, 6.45) is 0. The van der Waals surface area contributed by atoms with Crippen molar-refractivity contribution in [2.45, 2.75) is 24.5 Å². The summed E-state index contributed by atoms with van der Waals surface area (Å²) in [6, 6.07) is 15.6. The molecule has 162 valence electrons. The van der Waals surface area contributed by atoms with Gasteiger partial charge in [0, 0.05) is 42.3 Å². The highest BCUT2D eigenvalue weighted by atomic mass is 32.3. The number of carbonyl (C=O) groups is 1.